The molecule has 0 aliphatic heterocycles. The normalized spacial score (nSPS) is 10.0. The molecule has 1 amide bonds. The second kappa shape index (κ2) is 6.54. The zero-order valence-electron chi connectivity index (χ0n) is 9.77. The lowest BCUT2D eigenvalue weighted by Crippen LogP contribution is -2.14. The first-order chi connectivity index (χ1) is 9.15. The fourth-order valence-corrected chi connectivity index (χ4v) is 1.85. The van der Waals surface area contributed by atoms with Crippen LogP contribution in [0.5, 0.6) is 0 Å². The average molecular weight is 342 g/mol. The van der Waals surface area contributed by atoms with Gasteiger partial charge in [0, 0.05) is 12.3 Å². The highest BCUT2D eigenvalue weighted by Gasteiger charge is 2.07. The summed E-state index contributed by atoms with van der Waals surface area (Å²) in [6, 6.07) is 11.0. The van der Waals surface area contributed by atoms with Crippen molar-refractivity contribution in [2.45, 2.75) is 6.61 Å². The third kappa shape index (κ3) is 4.22. The Morgan fingerprint density at radius 3 is 2.84 bits per heavy atom. The standard InChI is InChI=1S/C13H10BrClN2O2/c14-10-7-16-12(15)6-11(10)17-13(18)19-8-9-4-2-1-3-5-9/h1-7H,8H2,(H,16,17,18). The van der Waals surface area contributed by atoms with E-state index in [0.29, 0.717) is 15.3 Å². The smallest absolute Gasteiger partial charge is 0.411 e. The zero-order valence-corrected chi connectivity index (χ0v) is 12.1. The van der Waals surface area contributed by atoms with Gasteiger partial charge in [0.2, 0.25) is 0 Å². The third-order valence-electron chi connectivity index (χ3n) is 2.27. The van der Waals surface area contributed by atoms with Crippen molar-refractivity contribution in [1.82, 2.24) is 4.98 Å². The average Bonchev–Trinajstić information content (AvgIpc) is 2.42. The topological polar surface area (TPSA) is 51.2 Å². The first-order valence-corrected chi connectivity index (χ1v) is 6.61. The molecule has 19 heavy (non-hydrogen) atoms. The maximum atomic E-state index is 11.6. The second-order valence-electron chi connectivity index (χ2n) is 3.67. The molecule has 0 saturated heterocycles. The Balaban J connectivity index is 1.93. The molecule has 0 unspecified atom stereocenters. The lowest BCUT2D eigenvalue weighted by atomic mass is 10.2. The summed E-state index contributed by atoms with van der Waals surface area (Å²) in [5.41, 5.74) is 1.43. The summed E-state index contributed by atoms with van der Waals surface area (Å²) in [5.74, 6) is 0. The summed E-state index contributed by atoms with van der Waals surface area (Å²) in [5, 5.41) is 2.88. The summed E-state index contributed by atoms with van der Waals surface area (Å²) >= 11 is 9.01. The predicted molar refractivity (Wildman–Crippen MR) is 77.2 cm³/mol. The number of carbonyl (C=O) groups excluding carboxylic acids is 1. The molecule has 0 spiro atoms. The number of anilines is 1. The number of aromatic nitrogens is 1. The van der Waals surface area contributed by atoms with E-state index in [2.05, 4.69) is 26.2 Å². The molecule has 0 atom stereocenters. The first kappa shape index (κ1) is 13.8. The summed E-state index contributed by atoms with van der Waals surface area (Å²) < 4.78 is 5.73. The molecule has 1 heterocycles. The summed E-state index contributed by atoms with van der Waals surface area (Å²) in [6.07, 6.45) is 0.960. The van der Waals surface area contributed by atoms with E-state index in [9.17, 15) is 4.79 Å². The van der Waals surface area contributed by atoms with E-state index in [4.69, 9.17) is 16.3 Å². The summed E-state index contributed by atoms with van der Waals surface area (Å²) in [4.78, 5) is 15.5. The Kier molecular flexibility index (Phi) is 4.76. The van der Waals surface area contributed by atoms with Crippen molar-refractivity contribution in [3.05, 3.63) is 57.8 Å². The Labute approximate surface area is 123 Å². The van der Waals surface area contributed by atoms with Crippen molar-refractivity contribution in [2.75, 3.05) is 5.32 Å². The molecule has 0 radical (unpaired) electrons. The second-order valence-corrected chi connectivity index (χ2v) is 4.92. The first-order valence-electron chi connectivity index (χ1n) is 5.44. The van der Waals surface area contributed by atoms with Crippen LogP contribution in [-0.4, -0.2) is 11.1 Å². The Bertz CT molecular complexity index is 578. The largest absolute Gasteiger partial charge is 0.444 e. The number of carbonyl (C=O) groups is 1. The molecule has 0 aliphatic carbocycles. The monoisotopic (exact) mass is 340 g/mol. The Hall–Kier alpha value is -1.59. The van der Waals surface area contributed by atoms with Crippen molar-refractivity contribution in [3.8, 4) is 0 Å². The van der Waals surface area contributed by atoms with Crippen molar-refractivity contribution in [1.29, 1.82) is 0 Å². The van der Waals surface area contributed by atoms with Crippen molar-refractivity contribution < 1.29 is 9.53 Å². The highest BCUT2D eigenvalue weighted by atomic mass is 79.9. The van der Waals surface area contributed by atoms with Gasteiger partial charge in [0.15, 0.2) is 0 Å². The molecule has 2 rings (SSSR count). The van der Waals surface area contributed by atoms with E-state index in [1.807, 2.05) is 30.3 Å². The van der Waals surface area contributed by atoms with Gasteiger partial charge in [-0.05, 0) is 21.5 Å². The van der Waals surface area contributed by atoms with Gasteiger partial charge >= 0.3 is 6.09 Å². The van der Waals surface area contributed by atoms with Crippen LogP contribution in [0.15, 0.2) is 47.1 Å². The molecule has 0 aliphatic rings. The number of nitrogens with one attached hydrogen (secondary N) is 1. The highest BCUT2D eigenvalue weighted by molar-refractivity contribution is 9.10. The molecular formula is C13H10BrClN2O2. The third-order valence-corrected chi connectivity index (χ3v) is 3.11. The maximum absolute atomic E-state index is 11.6. The molecule has 1 N–H and O–H groups in total. The zero-order chi connectivity index (χ0) is 13.7. The van der Waals surface area contributed by atoms with E-state index in [-0.39, 0.29) is 6.61 Å². The van der Waals surface area contributed by atoms with Crippen molar-refractivity contribution in [2.24, 2.45) is 0 Å². The van der Waals surface area contributed by atoms with Gasteiger partial charge in [0.25, 0.3) is 0 Å². The molecule has 0 saturated carbocycles. The van der Waals surface area contributed by atoms with Crippen molar-refractivity contribution >= 4 is 39.3 Å². The number of nitrogens with zero attached hydrogens (tertiary/aromatic N) is 1. The lowest BCUT2D eigenvalue weighted by Gasteiger charge is -2.08. The number of amides is 1. The molecule has 0 fully saturated rings. The number of rotatable bonds is 3. The maximum Gasteiger partial charge on any atom is 0.411 e. The molecule has 1 aromatic heterocycles. The predicted octanol–water partition coefficient (Wildman–Crippen LogP) is 4.25. The van der Waals surface area contributed by atoms with Gasteiger partial charge in [0.05, 0.1) is 10.2 Å². The van der Waals surface area contributed by atoms with Crippen LogP contribution in [0.25, 0.3) is 0 Å². The minimum Gasteiger partial charge on any atom is -0.444 e. The number of halogens is 2. The Morgan fingerprint density at radius 2 is 2.11 bits per heavy atom. The van der Waals surface area contributed by atoms with Crippen LogP contribution in [0.3, 0.4) is 0 Å². The van der Waals surface area contributed by atoms with Gasteiger partial charge < -0.3 is 4.74 Å². The van der Waals surface area contributed by atoms with Crippen LogP contribution in [0.4, 0.5) is 10.5 Å². The van der Waals surface area contributed by atoms with Gasteiger partial charge in [-0.3, -0.25) is 5.32 Å². The van der Waals surface area contributed by atoms with Gasteiger partial charge in [-0.15, -0.1) is 0 Å². The molecule has 6 heteroatoms. The van der Waals surface area contributed by atoms with Crippen LogP contribution in [0.1, 0.15) is 5.56 Å². The number of hydrogen-bond donors (Lipinski definition) is 1. The van der Waals surface area contributed by atoms with Gasteiger partial charge in [0.1, 0.15) is 11.8 Å². The molecular weight excluding hydrogens is 332 g/mol. The number of ether oxygens (including phenoxy) is 1. The van der Waals surface area contributed by atoms with Gasteiger partial charge in [-0.2, -0.15) is 0 Å². The molecule has 4 nitrogen and oxygen atoms in total. The van der Waals surface area contributed by atoms with E-state index in [1.165, 1.54) is 12.3 Å². The van der Waals surface area contributed by atoms with Crippen molar-refractivity contribution in [3.63, 3.8) is 0 Å². The SMILES string of the molecule is O=C(Nc1cc(Cl)ncc1Br)OCc1ccccc1. The highest BCUT2D eigenvalue weighted by Crippen LogP contribution is 2.23. The summed E-state index contributed by atoms with van der Waals surface area (Å²) in [7, 11) is 0. The van der Waals surface area contributed by atoms with Crippen LogP contribution in [0.2, 0.25) is 5.15 Å². The summed E-state index contributed by atoms with van der Waals surface area (Å²) in [6.45, 7) is 0.211. The van der Waals surface area contributed by atoms with Crippen LogP contribution >= 0.6 is 27.5 Å². The van der Waals surface area contributed by atoms with E-state index in [1.54, 1.807) is 0 Å². The number of pyridine rings is 1. The molecule has 1 aromatic carbocycles. The van der Waals surface area contributed by atoms with Gasteiger partial charge in [-0.25, -0.2) is 9.78 Å². The fourth-order valence-electron chi connectivity index (χ4n) is 1.38. The molecule has 98 valence electrons. The Morgan fingerprint density at radius 1 is 1.37 bits per heavy atom. The van der Waals surface area contributed by atoms with Gasteiger partial charge in [-0.1, -0.05) is 41.9 Å². The fraction of sp³-hybridized carbons (Fsp3) is 0.0769. The van der Waals surface area contributed by atoms with E-state index >= 15 is 0 Å². The lowest BCUT2D eigenvalue weighted by molar-refractivity contribution is 0.155. The van der Waals surface area contributed by atoms with Crippen LogP contribution in [-0.2, 0) is 11.3 Å². The quantitative estimate of drug-likeness (QED) is 0.849. The number of benzene rings is 1. The van der Waals surface area contributed by atoms with Crippen LogP contribution < -0.4 is 5.32 Å². The number of hydrogen-bond acceptors (Lipinski definition) is 3. The molecule has 2 aromatic rings. The minimum absolute atomic E-state index is 0.211. The van der Waals surface area contributed by atoms with E-state index < -0.39 is 6.09 Å². The minimum atomic E-state index is -0.549. The van der Waals surface area contributed by atoms with E-state index in [0.717, 1.165) is 5.56 Å². The van der Waals surface area contributed by atoms with Crippen LogP contribution in [0, 0.1) is 0 Å². The molecule has 0 bridgehead atoms.